The van der Waals surface area contributed by atoms with Gasteiger partial charge in [0.05, 0.1) is 24.0 Å². The number of fused-ring (bicyclic) bond motifs is 1. The van der Waals surface area contributed by atoms with Gasteiger partial charge in [-0.05, 0) is 31.0 Å². The summed E-state index contributed by atoms with van der Waals surface area (Å²) in [6, 6.07) is 5.40. The molecule has 0 spiro atoms. The molecule has 0 unspecified atom stereocenters. The average molecular weight is 358 g/mol. The summed E-state index contributed by atoms with van der Waals surface area (Å²) in [6.07, 6.45) is 6.46. The fourth-order valence-electron chi connectivity index (χ4n) is 3.17. The van der Waals surface area contributed by atoms with Crippen LogP contribution in [0.2, 0.25) is 0 Å². The highest BCUT2D eigenvalue weighted by Crippen LogP contribution is 2.33. The van der Waals surface area contributed by atoms with Crippen molar-refractivity contribution in [2.45, 2.75) is 44.6 Å². The van der Waals surface area contributed by atoms with Gasteiger partial charge in [0.15, 0.2) is 0 Å². The van der Waals surface area contributed by atoms with Crippen LogP contribution in [-0.4, -0.2) is 19.6 Å². The molecule has 0 aliphatic heterocycles. The van der Waals surface area contributed by atoms with E-state index in [1.807, 2.05) is 6.07 Å². The van der Waals surface area contributed by atoms with Crippen molar-refractivity contribution in [2.24, 2.45) is 0 Å². The molecule has 1 aliphatic carbocycles. The number of thiazole rings is 1. The van der Waals surface area contributed by atoms with E-state index in [1.165, 1.54) is 37.8 Å². The number of amides is 1. The molecule has 1 aliphatic rings. The lowest BCUT2D eigenvalue weighted by molar-refractivity contribution is 0.0951. The second-order valence-electron chi connectivity index (χ2n) is 6.15. The molecule has 0 bridgehead atoms. The van der Waals surface area contributed by atoms with E-state index >= 15 is 0 Å². The zero-order chi connectivity index (χ0) is 16.4. The second-order valence-corrected chi connectivity index (χ2v) is 7.62. The quantitative estimate of drug-likeness (QED) is 0.761. The van der Waals surface area contributed by atoms with Crippen LogP contribution < -0.4 is 5.32 Å². The van der Waals surface area contributed by atoms with Crippen LogP contribution in [0, 0.1) is 0 Å². The Bertz CT molecular complexity index is 851. The number of carbonyl (C=O) groups excluding carboxylic acids is 1. The molecule has 0 radical (unpaired) electrons. The molecule has 1 saturated carbocycles. The summed E-state index contributed by atoms with van der Waals surface area (Å²) in [5.74, 6) is 0.512. The van der Waals surface area contributed by atoms with Crippen molar-refractivity contribution in [3.63, 3.8) is 0 Å². The average Bonchev–Trinajstić information content (AvgIpc) is 3.29. The minimum absolute atomic E-state index is 0.0979. The molecule has 1 aromatic carbocycles. The van der Waals surface area contributed by atoms with Crippen molar-refractivity contribution in [2.75, 3.05) is 0 Å². The maximum Gasteiger partial charge on any atom is 0.251 e. The Morgan fingerprint density at radius 3 is 2.88 bits per heavy atom. The number of aromatic nitrogens is 3. The standard InChI is InChI=1S/C17H18N4OS2/c22-17(12-6-7-13-14(8-12)21-24-20-13)18-9-16-19-15(10-23-16)11-4-2-1-3-5-11/h6-8,10-11H,1-5,9H2,(H,18,22). The molecule has 5 nitrogen and oxygen atoms in total. The highest BCUT2D eigenvalue weighted by atomic mass is 32.1. The third kappa shape index (κ3) is 3.32. The predicted molar refractivity (Wildman–Crippen MR) is 96.5 cm³/mol. The normalized spacial score (nSPS) is 15.7. The van der Waals surface area contributed by atoms with Crippen LogP contribution >= 0.6 is 23.1 Å². The molecule has 1 N–H and O–H groups in total. The minimum atomic E-state index is -0.0979. The summed E-state index contributed by atoms with van der Waals surface area (Å²) in [6.45, 7) is 0.476. The summed E-state index contributed by atoms with van der Waals surface area (Å²) in [7, 11) is 0. The molecule has 1 fully saturated rings. The first kappa shape index (κ1) is 15.7. The summed E-state index contributed by atoms with van der Waals surface area (Å²) in [4.78, 5) is 17.0. The van der Waals surface area contributed by atoms with Gasteiger partial charge in [-0.2, -0.15) is 8.75 Å². The van der Waals surface area contributed by atoms with Crippen LogP contribution in [-0.2, 0) is 6.54 Å². The first-order chi connectivity index (χ1) is 11.8. The molecule has 124 valence electrons. The van der Waals surface area contributed by atoms with E-state index in [2.05, 4.69) is 19.4 Å². The van der Waals surface area contributed by atoms with Gasteiger partial charge in [0.25, 0.3) is 5.91 Å². The number of hydrogen-bond donors (Lipinski definition) is 1. The number of hydrogen-bond acceptors (Lipinski definition) is 6. The predicted octanol–water partition coefficient (Wildman–Crippen LogP) is 4.13. The third-order valence-electron chi connectivity index (χ3n) is 4.51. The smallest absolute Gasteiger partial charge is 0.251 e. The van der Waals surface area contributed by atoms with E-state index in [4.69, 9.17) is 4.98 Å². The second kappa shape index (κ2) is 6.94. The van der Waals surface area contributed by atoms with E-state index in [0.717, 1.165) is 27.8 Å². The van der Waals surface area contributed by atoms with E-state index in [9.17, 15) is 4.79 Å². The third-order valence-corrected chi connectivity index (χ3v) is 5.93. The van der Waals surface area contributed by atoms with Crippen LogP contribution in [0.4, 0.5) is 0 Å². The fraction of sp³-hybridized carbons (Fsp3) is 0.412. The summed E-state index contributed by atoms with van der Waals surface area (Å²) in [5.41, 5.74) is 3.41. The monoisotopic (exact) mass is 358 g/mol. The first-order valence-electron chi connectivity index (χ1n) is 8.24. The Hall–Kier alpha value is -1.86. The molecular formula is C17H18N4OS2. The lowest BCUT2D eigenvalue weighted by Crippen LogP contribution is -2.22. The number of rotatable bonds is 4. The maximum atomic E-state index is 12.3. The van der Waals surface area contributed by atoms with Crippen LogP contribution in [0.5, 0.6) is 0 Å². The van der Waals surface area contributed by atoms with Gasteiger partial charge in [0, 0.05) is 16.9 Å². The van der Waals surface area contributed by atoms with Gasteiger partial charge in [0.1, 0.15) is 16.0 Å². The van der Waals surface area contributed by atoms with Crippen molar-refractivity contribution in [1.82, 2.24) is 19.0 Å². The van der Waals surface area contributed by atoms with Crippen molar-refractivity contribution in [3.05, 3.63) is 39.8 Å². The van der Waals surface area contributed by atoms with Gasteiger partial charge in [-0.15, -0.1) is 11.3 Å². The zero-order valence-corrected chi connectivity index (χ0v) is 14.8. The van der Waals surface area contributed by atoms with Crippen LogP contribution in [0.3, 0.4) is 0 Å². The van der Waals surface area contributed by atoms with E-state index in [-0.39, 0.29) is 5.91 Å². The summed E-state index contributed by atoms with van der Waals surface area (Å²) < 4.78 is 8.33. The number of benzene rings is 1. The maximum absolute atomic E-state index is 12.3. The minimum Gasteiger partial charge on any atom is -0.346 e. The molecule has 24 heavy (non-hydrogen) atoms. The largest absolute Gasteiger partial charge is 0.346 e. The van der Waals surface area contributed by atoms with Crippen molar-refractivity contribution in [3.8, 4) is 0 Å². The van der Waals surface area contributed by atoms with Crippen molar-refractivity contribution < 1.29 is 4.79 Å². The summed E-state index contributed by atoms with van der Waals surface area (Å²) in [5, 5.41) is 6.08. The Kier molecular flexibility index (Phi) is 4.53. The Labute approximate surface area is 148 Å². The number of carbonyl (C=O) groups is 1. The van der Waals surface area contributed by atoms with Crippen LogP contribution in [0.25, 0.3) is 11.0 Å². The van der Waals surface area contributed by atoms with E-state index in [1.54, 1.807) is 23.5 Å². The van der Waals surface area contributed by atoms with Crippen molar-refractivity contribution in [1.29, 1.82) is 0 Å². The zero-order valence-electron chi connectivity index (χ0n) is 13.2. The topological polar surface area (TPSA) is 67.8 Å². The summed E-state index contributed by atoms with van der Waals surface area (Å²) >= 11 is 2.80. The van der Waals surface area contributed by atoms with Gasteiger partial charge >= 0.3 is 0 Å². The lowest BCUT2D eigenvalue weighted by Gasteiger charge is -2.19. The molecule has 7 heteroatoms. The van der Waals surface area contributed by atoms with Crippen LogP contribution in [0.1, 0.15) is 59.1 Å². The molecule has 2 aromatic heterocycles. The fourth-order valence-corrected chi connectivity index (χ4v) is 4.51. The number of nitrogens with zero attached hydrogens (tertiary/aromatic N) is 3. The Morgan fingerprint density at radius 2 is 2.00 bits per heavy atom. The van der Waals surface area contributed by atoms with Gasteiger partial charge < -0.3 is 5.32 Å². The van der Waals surface area contributed by atoms with Gasteiger partial charge in [-0.1, -0.05) is 19.3 Å². The molecular weight excluding hydrogens is 340 g/mol. The molecule has 0 atom stereocenters. The van der Waals surface area contributed by atoms with Gasteiger partial charge in [-0.25, -0.2) is 4.98 Å². The lowest BCUT2D eigenvalue weighted by atomic mass is 9.87. The molecule has 0 saturated heterocycles. The highest BCUT2D eigenvalue weighted by Gasteiger charge is 2.18. The Morgan fingerprint density at radius 1 is 1.17 bits per heavy atom. The first-order valence-corrected chi connectivity index (χ1v) is 9.85. The van der Waals surface area contributed by atoms with Crippen LogP contribution in [0.15, 0.2) is 23.6 Å². The van der Waals surface area contributed by atoms with E-state index < -0.39 is 0 Å². The molecule has 2 heterocycles. The number of nitrogens with one attached hydrogen (secondary N) is 1. The molecule has 4 rings (SSSR count). The van der Waals surface area contributed by atoms with Gasteiger partial charge in [0.2, 0.25) is 0 Å². The van der Waals surface area contributed by atoms with Gasteiger partial charge in [-0.3, -0.25) is 4.79 Å². The Balaban J connectivity index is 1.39. The molecule has 3 aromatic rings. The van der Waals surface area contributed by atoms with E-state index in [0.29, 0.717) is 18.0 Å². The van der Waals surface area contributed by atoms with Crippen molar-refractivity contribution >= 4 is 40.0 Å². The highest BCUT2D eigenvalue weighted by molar-refractivity contribution is 7.09. The molecule has 1 amide bonds. The SMILES string of the molecule is O=C(NCc1nc(C2CCCCC2)cs1)c1ccc2nsnc2c1.